The highest BCUT2D eigenvalue weighted by molar-refractivity contribution is 5.70. The third-order valence-electron chi connectivity index (χ3n) is 5.33. The molecule has 1 aliphatic carbocycles. The smallest absolute Gasteiger partial charge is 0.407 e. The molecule has 3 rings (SSSR count). The van der Waals surface area contributed by atoms with Crippen molar-refractivity contribution in [3.8, 4) is 17.1 Å². The lowest BCUT2D eigenvalue weighted by Crippen LogP contribution is -2.29. The topological polar surface area (TPSA) is 128 Å². The minimum Gasteiger partial charge on any atom is -0.489 e. The summed E-state index contributed by atoms with van der Waals surface area (Å²) >= 11 is 0. The Morgan fingerprint density at radius 2 is 2.16 bits per heavy atom. The van der Waals surface area contributed by atoms with E-state index in [1.807, 2.05) is 6.92 Å². The molecule has 1 saturated carbocycles. The zero-order valence-electron chi connectivity index (χ0n) is 17.9. The first-order valence-corrected chi connectivity index (χ1v) is 10.6. The normalized spacial score (nSPS) is 18.4. The maximum atomic E-state index is 11.8. The Kier molecular flexibility index (Phi) is 7.80. The molecule has 2 aromatic heterocycles. The predicted molar refractivity (Wildman–Crippen MR) is 111 cm³/mol. The van der Waals surface area contributed by atoms with Gasteiger partial charge in [0.05, 0.1) is 42.8 Å². The van der Waals surface area contributed by atoms with Gasteiger partial charge < -0.3 is 19.9 Å². The van der Waals surface area contributed by atoms with Gasteiger partial charge in [0.1, 0.15) is 11.4 Å². The molecule has 2 N–H and O–H groups in total. The van der Waals surface area contributed by atoms with E-state index in [1.54, 1.807) is 30.1 Å². The number of unbranched alkanes of at least 4 members (excludes halogenated alkanes) is 1. The number of nitrogens with zero attached hydrogens (tertiary/aromatic N) is 4. The number of hydrogen-bond acceptors (Lipinski definition) is 7. The summed E-state index contributed by atoms with van der Waals surface area (Å²) in [4.78, 5) is 27.5. The number of aryl methyl sites for hydroxylation is 1. The molecule has 1 aliphatic rings. The second kappa shape index (κ2) is 10.7. The summed E-state index contributed by atoms with van der Waals surface area (Å²) in [6.45, 7) is 2.62. The third-order valence-corrected chi connectivity index (χ3v) is 5.33. The number of carbonyl (C=O) groups excluding carboxylic acids is 1. The lowest BCUT2D eigenvalue weighted by atomic mass is 9.87. The largest absolute Gasteiger partial charge is 0.489 e. The first-order valence-electron chi connectivity index (χ1n) is 10.6. The average molecular weight is 431 g/mol. The van der Waals surface area contributed by atoms with E-state index in [0.717, 1.165) is 25.7 Å². The molecular formula is C21H29N5O5. The Morgan fingerprint density at radius 1 is 1.32 bits per heavy atom. The zero-order valence-corrected chi connectivity index (χ0v) is 17.9. The van der Waals surface area contributed by atoms with E-state index in [-0.39, 0.29) is 18.6 Å². The van der Waals surface area contributed by atoms with Crippen LogP contribution in [0.25, 0.3) is 11.4 Å². The molecule has 1 unspecified atom stereocenters. The quantitative estimate of drug-likeness (QED) is 0.580. The minimum atomic E-state index is -0.764. The summed E-state index contributed by atoms with van der Waals surface area (Å²) < 4.78 is 12.6. The summed E-state index contributed by atoms with van der Waals surface area (Å²) in [5.74, 6) is -0.531. The molecule has 10 nitrogen and oxygen atoms in total. The minimum absolute atomic E-state index is 0.127. The van der Waals surface area contributed by atoms with Crippen LogP contribution >= 0.6 is 0 Å². The Morgan fingerprint density at radius 3 is 2.87 bits per heavy atom. The van der Waals surface area contributed by atoms with Gasteiger partial charge in [0.25, 0.3) is 0 Å². The van der Waals surface area contributed by atoms with Gasteiger partial charge in [-0.25, -0.2) is 9.48 Å². The van der Waals surface area contributed by atoms with Crippen molar-refractivity contribution in [2.75, 3.05) is 6.61 Å². The van der Waals surface area contributed by atoms with Crippen LogP contribution in [0.3, 0.4) is 0 Å². The maximum absolute atomic E-state index is 11.8. The number of nitrogens with one attached hydrogen (secondary N) is 1. The van der Waals surface area contributed by atoms with Crippen molar-refractivity contribution in [3.05, 3.63) is 24.0 Å². The Balaban J connectivity index is 1.61. The molecule has 1 amide bonds. The van der Waals surface area contributed by atoms with Gasteiger partial charge in [-0.15, -0.1) is 5.10 Å². The maximum Gasteiger partial charge on any atom is 0.407 e. The van der Waals surface area contributed by atoms with Gasteiger partial charge in [-0.2, -0.15) is 0 Å². The fourth-order valence-corrected chi connectivity index (χ4v) is 3.55. The highest BCUT2D eigenvalue weighted by atomic mass is 16.5. The Labute approximate surface area is 181 Å². The van der Waals surface area contributed by atoms with Crippen LogP contribution in [0, 0.1) is 5.92 Å². The molecule has 0 saturated heterocycles. The van der Waals surface area contributed by atoms with Crippen LogP contribution in [0.2, 0.25) is 0 Å². The molecule has 31 heavy (non-hydrogen) atoms. The fraction of sp³-hybridized carbons (Fsp3) is 0.571. The van der Waals surface area contributed by atoms with E-state index in [1.165, 1.54) is 0 Å². The summed E-state index contributed by atoms with van der Waals surface area (Å²) in [5, 5.41) is 20.1. The highest BCUT2D eigenvalue weighted by Crippen LogP contribution is 2.28. The van der Waals surface area contributed by atoms with E-state index in [4.69, 9.17) is 9.47 Å². The number of carboxylic acid groups (broad SMARTS) is 1. The number of aliphatic carboxylic acids is 1. The van der Waals surface area contributed by atoms with Gasteiger partial charge in [-0.1, -0.05) is 18.6 Å². The van der Waals surface area contributed by atoms with E-state index in [9.17, 15) is 14.7 Å². The number of amides is 1. The number of hydrogen-bond donors (Lipinski definition) is 2. The van der Waals surface area contributed by atoms with Crippen LogP contribution in [-0.4, -0.2) is 49.9 Å². The highest BCUT2D eigenvalue weighted by Gasteiger charge is 2.28. The number of pyridine rings is 1. The number of carbonyl (C=O) groups is 2. The number of rotatable bonds is 9. The molecule has 0 aromatic carbocycles. The molecule has 0 spiro atoms. The summed E-state index contributed by atoms with van der Waals surface area (Å²) in [6, 6.07) is 3.57. The molecule has 10 heteroatoms. The van der Waals surface area contributed by atoms with Crippen LogP contribution in [0.5, 0.6) is 5.75 Å². The molecule has 0 bridgehead atoms. The SMILES string of the molecule is CCCCOC(=O)NCc1c(-c2ccc(OC3CCC[C@H](C(=O)O)C3)cn2)nnn1C. The zero-order chi connectivity index (χ0) is 22.2. The first kappa shape index (κ1) is 22.5. The van der Waals surface area contributed by atoms with Crippen LogP contribution in [-0.2, 0) is 23.1 Å². The second-order valence-electron chi connectivity index (χ2n) is 7.67. The monoisotopic (exact) mass is 431 g/mol. The predicted octanol–water partition coefficient (Wildman–Crippen LogP) is 2.93. The number of alkyl carbamates (subject to hydrolysis) is 1. The van der Waals surface area contributed by atoms with Crippen molar-refractivity contribution in [2.45, 2.75) is 58.1 Å². The van der Waals surface area contributed by atoms with Crippen LogP contribution in [0.15, 0.2) is 18.3 Å². The van der Waals surface area contributed by atoms with Gasteiger partial charge in [0, 0.05) is 7.05 Å². The van der Waals surface area contributed by atoms with Crippen molar-refractivity contribution in [2.24, 2.45) is 13.0 Å². The van der Waals surface area contributed by atoms with Gasteiger partial charge in [-0.05, 0) is 44.2 Å². The van der Waals surface area contributed by atoms with Crippen LogP contribution < -0.4 is 10.1 Å². The van der Waals surface area contributed by atoms with E-state index < -0.39 is 12.1 Å². The van der Waals surface area contributed by atoms with E-state index in [2.05, 4.69) is 20.6 Å². The number of aromatic nitrogens is 4. The first-order chi connectivity index (χ1) is 15.0. The lowest BCUT2D eigenvalue weighted by Gasteiger charge is -2.27. The molecule has 2 heterocycles. The standard InChI is InChI=1S/C21H29N5O5/c1-3-4-10-30-21(29)23-13-18-19(24-25-26(18)2)17-9-8-16(12-22-17)31-15-7-5-6-14(11-15)20(27)28/h8-9,12,14-15H,3-7,10-11,13H2,1-2H3,(H,23,29)(H,27,28)/t14-,15?/m0/s1. The number of carboxylic acids is 1. The Hall–Kier alpha value is -3.17. The lowest BCUT2D eigenvalue weighted by molar-refractivity contribution is -0.143. The van der Waals surface area contributed by atoms with E-state index in [0.29, 0.717) is 42.3 Å². The van der Waals surface area contributed by atoms with Gasteiger partial charge >= 0.3 is 12.1 Å². The van der Waals surface area contributed by atoms with E-state index >= 15 is 0 Å². The second-order valence-corrected chi connectivity index (χ2v) is 7.67. The fourth-order valence-electron chi connectivity index (χ4n) is 3.55. The third kappa shape index (κ3) is 6.16. The Bertz CT molecular complexity index is 883. The molecular weight excluding hydrogens is 402 g/mol. The average Bonchev–Trinajstić information content (AvgIpc) is 3.13. The molecule has 2 atom stereocenters. The summed E-state index contributed by atoms with van der Waals surface area (Å²) in [6.07, 6.45) is 5.64. The molecule has 168 valence electrons. The summed E-state index contributed by atoms with van der Waals surface area (Å²) in [7, 11) is 1.75. The van der Waals surface area contributed by atoms with Gasteiger partial charge in [0.15, 0.2) is 0 Å². The van der Waals surface area contributed by atoms with Crippen molar-refractivity contribution in [1.29, 1.82) is 0 Å². The summed E-state index contributed by atoms with van der Waals surface area (Å²) in [5.41, 5.74) is 1.86. The van der Waals surface area contributed by atoms with Crippen LogP contribution in [0.1, 0.15) is 51.1 Å². The van der Waals surface area contributed by atoms with Crippen molar-refractivity contribution >= 4 is 12.1 Å². The van der Waals surface area contributed by atoms with Crippen molar-refractivity contribution in [1.82, 2.24) is 25.3 Å². The van der Waals surface area contributed by atoms with Gasteiger partial charge in [0.2, 0.25) is 0 Å². The van der Waals surface area contributed by atoms with Crippen LogP contribution in [0.4, 0.5) is 4.79 Å². The van der Waals surface area contributed by atoms with Crippen molar-refractivity contribution < 1.29 is 24.2 Å². The number of ether oxygens (including phenoxy) is 2. The molecule has 0 aliphatic heterocycles. The molecule has 0 radical (unpaired) electrons. The van der Waals surface area contributed by atoms with Crippen molar-refractivity contribution in [3.63, 3.8) is 0 Å². The van der Waals surface area contributed by atoms with Gasteiger partial charge in [-0.3, -0.25) is 9.78 Å². The molecule has 2 aromatic rings. The molecule has 1 fully saturated rings.